The Kier molecular flexibility index (Phi) is 6.87. The van der Waals surface area contributed by atoms with Crippen molar-refractivity contribution >= 4 is 28.6 Å². The number of halogens is 1. The zero-order valence-corrected chi connectivity index (χ0v) is 18.9. The quantitative estimate of drug-likeness (QED) is 0.364. The molecule has 4 rings (SSSR count). The molecule has 1 aromatic heterocycles. The molecule has 6 nitrogen and oxygen atoms in total. The van der Waals surface area contributed by atoms with Gasteiger partial charge in [-0.05, 0) is 47.5 Å². The van der Waals surface area contributed by atoms with E-state index in [2.05, 4.69) is 0 Å². The fourth-order valence-electron chi connectivity index (χ4n) is 3.94. The van der Waals surface area contributed by atoms with Gasteiger partial charge in [-0.3, -0.25) is 0 Å². The minimum Gasteiger partial charge on any atom is -0.489 e. The van der Waals surface area contributed by atoms with Gasteiger partial charge in [-0.1, -0.05) is 54.1 Å². The van der Waals surface area contributed by atoms with Crippen LogP contribution in [0.15, 0.2) is 85.1 Å². The predicted molar refractivity (Wildman–Crippen MR) is 129 cm³/mol. The zero-order chi connectivity index (χ0) is 23.4. The maximum atomic E-state index is 11.3. The second kappa shape index (κ2) is 9.98. The highest BCUT2D eigenvalue weighted by Gasteiger charge is 2.26. The SMILES string of the molecule is CN(C[C@@H](O)[C@H](c1ccccc1)n1ccc2cc(OCc3cccc(Cl)c3)ccc21)C(=O)O. The number of carbonyl (C=O) groups is 1. The van der Waals surface area contributed by atoms with Gasteiger partial charge in [0.15, 0.2) is 0 Å². The predicted octanol–water partition coefficient (Wildman–Crippen LogP) is 5.43. The molecule has 2 N–H and O–H groups in total. The summed E-state index contributed by atoms with van der Waals surface area (Å²) >= 11 is 6.05. The first-order valence-electron chi connectivity index (χ1n) is 10.6. The minimum absolute atomic E-state index is 0.0185. The number of hydrogen-bond acceptors (Lipinski definition) is 3. The number of hydrogen-bond donors (Lipinski definition) is 2. The molecule has 0 radical (unpaired) electrons. The van der Waals surface area contributed by atoms with Crippen LogP contribution in [-0.4, -0.2) is 45.5 Å². The number of fused-ring (bicyclic) bond motifs is 1. The second-order valence-electron chi connectivity index (χ2n) is 7.95. The summed E-state index contributed by atoms with van der Waals surface area (Å²) < 4.78 is 7.92. The van der Waals surface area contributed by atoms with E-state index in [1.54, 1.807) is 0 Å². The molecule has 1 amide bonds. The monoisotopic (exact) mass is 464 g/mol. The van der Waals surface area contributed by atoms with Crippen LogP contribution in [0, 0.1) is 0 Å². The molecule has 0 fully saturated rings. The third-order valence-corrected chi connectivity index (χ3v) is 5.81. The van der Waals surface area contributed by atoms with Crippen molar-refractivity contribution in [2.24, 2.45) is 0 Å². The summed E-state index contributed by atoms with van der Waals surface area (Å²) in [5, 5.41) is 21.9. The number of aromatic nitrogens is 1. The maximum Gasteiger partial charge on any atom is 0.407 e. The largest absolute Gasteiger partial charge is 0.489 e. The summed E-state index contributed by atoms with van der Waals surface area (Å²) in [6.45, 7) is 0.384. The molecule has 0 aliphatic carbocycles. The molecule has 3 aromatic carbocycles. The Morgan fingerprint density at radius 2 is 1.85 bits per heavy atom. The lowest BCUT2D eigenvalue weighted by molar-refractivity contribution is 0.0850. The van der Waals surface area contributed by atoms with Crippen molar-refractivity contribution in [3.8, 4) is 5.75 Å². The normalized spacial score (nSPS) is 12.9. The number of benzene rings is 3. The van der Waals surface area contributed by atoms with Gasteiger partial charge in [0.25, 0.3) is 0 Å². The smallest absolute Gasteiger partial charge is 0.407 e. The third-order valence-electron chi connectivity index (χ3n) is 5.58. The van der Waals surface area contributed by atoms with Crippen LogP contribution in [0.4, 0.5) is 4.79 Å². The molecule has 4 aromatic rings. The standard InChI is InChI=1S/C26H25ClN2O4/c1-28(26(31)32)16-24(30)25(19-7-3-2-4-8-19)29-13-12-20-15-22(10-11-23(20)29)33-17-18-6-5-9-21(27)14-18/h2-15,24-25,30H,16-17H2,1H3,(H,31,32)/t24-,25+/m1/s1. The van der Waals surface area contributed by atoms with E-state index in [-0.39, 0.29) is 6.54 Å². The fourth-order valence-corrected chi connectivity index (χ4v) is 4.16. The van der Waals surface area contributed by atoms with Gasteiger partial charge in [-0.25, -0.2) is 4.79 Å². The Bertz CT molecular complexity index is 1240. The Labute approximate surface area is 197 Å². The first-order chi connectivity index (χ1) is 15.9. The van der Waals surface area contributed by atoms with Gasteiger partial charge in [-0.15, -0.1) is 0 Å². The first-order valence-corrected chi connectivity index (χ1v) is 10.9. The molecule has 170 valence electrons. The van der Waals surface area contributed by atoms with Crippen LogP contribution in [0.5, 0.6) is 5.75 Å². The van der Waals surface area contributed by atoms with Crippen LogP contribution in [0.2, 0.25) is 5.02 Å². The zero-order valence-electron chi connectivity index (χ0n) is 18.1. The van der Waals surface area contributed by atoms with E-state index >= 15 is 0 Å². The van der Waals surface area contributed by atoms with Crippen LogP contribution in [0.3, 0.4) is 0 Å². The number of ether oxygens (including phenoxy) is 1. The molecule has 0 aliphatic heterocycles. The Morgan fingerprint density at radius 3 is 2.58 bits per heavy atom. The Hall–Kier alpha value is -3.48. The van der Waals surface area contributed by atoms with E-state index in [0.29, 0.717) is 11.6 Å². The summed E-state index contributed by atoms with van der Waals surface area (Å²) in [6.07, 6.45) is -0.116. The van der Waals surface area contributed by atoms with Crippen molar-refractivity contribution in [2.45, 2.75) is 18.8 Å². The minimum atomic E-state index is -1.08. The summed E-state index contributed by atoms with van der Waals surface area (Å²) in [7, 11) is 1.45. The highest BCUT2D eigenvalue weighted by atomic mass is 35.5. The average Bonchev–Trinajstić information content (AvgIpc) is 3.21. The Morgan fingerprint density at radius 1 is 1.06 bits per heavy atom. The lowest BCUT2D eigenvalue weighted by Gasteiger charge is -2.28. The molecular formula is C26H25ClN2O4. The number of carboxylic acid groups (broad SMARTS) is 1. The molecule has 0 saturated carbocycles. The van der Waals surface area contributed by atoms with Crippen molar-refractivity contribution in [1.29, 1.82) is 0 Å². The van der Waals surface area contributed by atoms with E-state index in [9.17, 15) is 15.0 Å². The van der Waals surface area contributed by atoms with Crippen LogP contribution in [0.1, 0.15) is 17.2 Å². The van der Waals surface area contributed by atoms with E-state index in [4.69, 9.17) is 16.3 Å². The van der Waals surface area contributed by atoms with Crippen LogP contribution in [0.25, 0.3) is 10.9 Å². The molecule has 1 heterocycles. The van der Waals surface area contributed by atoms with E-state index in [1.807, 2.05) is 89.6 Å². The van der Waals surface area contributed by atoms with E-state index < -0.39 is 18.2 Å². The van der Waals surface area contributed by atoms with Crippen LogP contribution in [-0.2, 0) is 6.61 Å². The molecule has 0 unspecified atom stereocenters. The van der Waals surface area contributed by atoms with Gasteiger partial charge < -0.3 is 24.4 Å². The number of amides is 1. The molecule has 0 saturated heterocycles. The Balaban J connectivity index is 1.62. The summed E-state index contributed by atoms with van der Waals surface area (Å²) in [6, 6.07) is 24.4. The van der Waals surface area contributed by atoms with Crippen molar-refractivity contribution in [3.05, 3.63) is 101 Å². The van der Waals surface area contributed by atoms with Crippen molar-refractivity contribution in [2.75, 3.05) is 13.6 Å². The summed E-state index contributed by atoms with van der Waals surface area (Å²) in [4.78, 5) is 12.4. The molecule has 0 aliphatic rings. The third kappa shape index (κ3) is 5.30. The number of likely N-dealkylation sites (N-methyl/N-ethyl adjacent to an activating group) is 1. The highest BCUT2D eigenvalue weighted by molar-refractivity contribution is 6.30. The van der Waals surface area contributed by atoms with Gasteiger partial charge in [0, 0.05) is 29.2 Å². The number of nitrogens with zero attached hydrogens (tertiary/aromatic N) is 2. The lowest BCUT2D eigenvalue weighted by atomic mass is 10.0. The topological polar surface area (TPSA) is 74.9 Å². The van der Waals surface area contributed by atoms with Crippen LogP contribution >= 0.6 is 11.6 Å². The number of aliphatic hydroxyl groups is 1. The van der Waals surface area contributed by atoms with Gasteiger partial charge in [0.1, 0.15) is 12.4 Å². The van der Waals surface area contributed by atoms with Crippen molar-refractivity contribution in [1.82, 2.24) is 9.47 Å². The van der Waals surface area contributed by atoms with Gasteiger partial charge in [-0.2, -0.15) is 0 Å². The summed E-state index contributed by atoms with van der Waals surface area (Å²) in [5.41, 5.74) is 2.79. The van der Waals surface area contributed by atoms with E-state index in [1.165, 1.54) is 7.05 Å². The van der Waals surface area contributed by atoms with Gasteiger partial charge >= 0.3 is 6.09 Å². The molecule has 7 heteroatoms. The highest BCUT2D eigenvalue weighted by Crippen LogP contribution is 2.30. The average molecular weight is 465 g/mol. The molecular weight excluding hydrogens is 440 g/mol. The summed E-state index contributed by atoms with van der Waals surface area (Å²) in [5.74, 6) is 0.725. The van der Waals surface area contributed by atoms with Crippen molar-refractivity contribution in [3.63, 3.8) is 0 Å². The molecule has 33 heavy (non-hydrogen) atoms. The van der Waals surface area contributed by atoms with Gasteiger partial charge in [0.2, 0.25) is 0 Å². The first kappa shape index (κ1) is 22.7. The number of aliphatic hydroxyl groups excluding tert-OH is 1. The number of rotatable bonds is 8. The van der Waals surface area contributed by atoms with Crippen molar-refractivity contribution < 1.29 is 19.7 Å². The molecule has 0 spiro atoms. The molecule has 0 bridgehead atoms. The second-order valence-corrected chi connectivity index (χ2v) is 8.38. The maximum absolute atomic E-state index is 11.3. The van der Waals surface area contributed by atoms with Crippen LogP contribution < -0.4 is 4.74 Å². The lowest BCUT2D eigenvalue weighted by Crippen LogP contribution is -2.38. The molecule has 2 atom stereocenters. The fraction of sp³-hybridized carbons (Fsp3) is 0.192. The van der Waals surface area contributed by atoms with Gasteiger partial charge in [0.05, 0.1) is 18.7 Å². The van der Waals surface area contributed by atoms with E-state index in [0.717, 1.165) is 32.7 Å².